The van der Waals surface area contributed by atoms with E-state index in [-0.39, 0.29) is 24.3 Å². The Morgan fingerprint density at radius 2 is 1.63 bits per heavy atom. The van der Waals surface area contributed by atoms with Gasteiger partial charge in [-0.3, -0.25) is 27.5 Å². The van der Waals surface area contributed by atoms with Crippen LogP contribution >= 0.6 is 38.1 Å². The fourth-order valence-corrected chi connectivity index (χ4v) is 9.83. The summed E-state index contributed by atoms with van der Waals surface area (Å²) in [4.78, 5) is 33.1. The van der Waals surface area contributed by atoms with Crippen LogP contribution in [0.1, 0.15) is 24.4 Å². The Bertz CT molecular complexity index is 2150. The fourth-order valence-electron chi connectivity index (χ4n) is 6.88. The van der Waals surface area contributed by atoms with Crippen LogP contribution in [0.4, 0.5) is 11.6 Å². The summed E-state index contributed by atoms with van der Waals surface area (Å²) in [7, 11) is 0. The molecule has 22 nitrogen and oxygen atoms in total. The summed E-state index contributed by atoms with van der Waals surface area (Å²) >= 11 is 8.36. The quantitative estimate of drug-likeness (QED) is 0.0718. The zero-order valence-corrected chi connectivity index (χ0v) is 31.6. The second-order valence-electron chi connectivity index (χ2n) is 12.8. The van der Waals surface area contributed by atoms with Gasteiger partial charge in [-0.15, -0.1) is 0 Å². The fraction of sp³-hybridized carbons (Fsp3) is 0.571. The number of hydrogen-bond donors (Lipinski definition) is 8. The van der Waals surface area contributed by atoms with Gasteiger partial charge in [-0.2, -0.15) is 0 Å². The summed E-state index contributed by atoms with van der Waals surface area (Å²) in [5, 5.41) is 41.5. The Kier molecular flexibility index (Phi) is 10.7. The Morgan fingerprint density at radius 1 is 0.907 bits per heavy atom. The molecule has 2 bridgehead atoms. The molecule has 4 aromatic heterocycles. The van der Waals surface area contributed by atoms with E-state index in [9.17, 15) is 24.1 Å². The number of imidazole rings is 1. The number of hydrogen-bond acceptors (Lipinski definition) is 19. The van der Waals surface area contributed by atoms with E-state index in [1.54, 1.807) is 4.57 Å². The van der Waals surface area contributed by atoms with Crippen molar-refractivity contribution >= 4 is 77.8 Å². The molecule has 10 atom stereocenters. The first-order valence-electron chi connectivity index (χ1n) is 16.8. The number of amides is 1. The lowest BCUT2D eigenvalue weighted by Crippen LogP contribution is -2.35. The number of thiol groups is 2. The molecule has 4 aliphatic heterocycles. The minimum absolute atomic E-state index is 0.182. The molecule has 54 heavy (non-hydrogen) atoms. The predicted octanol–water partition coefficient (Wildman–Crippen LogP) is 0.559. The van der Waals surface area contributed by atoms with Crippen LogP contribution in [-0.2, 0) is 47.9 Å². The zero-order valence-electron chi connectivity index (χ0n) is 28.0. The molecule has 0 aliphatic carbocycles. The molecule has 292 valence electrons. The molecule has 0 radical (unpaired) electrons. The number of anilines is 2. The van der Waals surface area contributed by atoms with Gasteiger partial charge in [0.15, 0.2) is 29.4 Å². The zero-order chi connectivity index (χ0) is 37.8. The van der Waals surface area contributed by atoms with E-state index in [0.29, 0.717) is 17.3 Å². The molecular weight excluding hydrogens is 794 g/mol. The Balaban J connectivity index is 1.05. The van der Waals surface area contributed by atoms with E-state index < -0.39 is 88.4 Å². The van der Waals surface area contributed by atoms with E-state index in [1.807, 2.05) is 6.20 Å². The average Bonchev–Trinajstić information content (AvgIpc) is 3.86. The molecule has 1 amide bonds. The number of ether oxygens (including phenoxy) is 2. The van der Waals surface area contributed by atoms with Gasteiger partial charge >= 0.3 is 13.6 Å². The number of carbonyl (C=O) groups is 1. The molecule has 2 unspecified atom stereocenters. The maximum Gasteiger partial charge on any atom is 0.386 e. The number of aliphatic hydroxyl groups excluding tert-OH is 3. The van der Waals surface area contributed by atoms with Crippen molar-refractivity contribution in [1.82, 2.24) is 39.4 Å². The second kappa shape index (κ2) is 15.2. The summed E-state index contributed by atoms with van der Waals surface area (Å²) in [6, 6.07) is 0. The molecule has 3 saturated heterocycles. The van der Waals surface area contributed by atoms with Crippen molar-refractivity contribution in [1.29, 1.82) is 0 Å². The first kappa shape index (κ1) is 37.9. The molecule has 0 spiro atoms. The average molecular weight is 831 g/mol. The Hall–Kier alpha value is -2.96. The minimum atomic E-state index is -4.37. The highest BCUT2D eigenvalue weighted by Gasteiger charge is 2.53. The second-order valence-corrected chi connectivity index (χ2v) is 18.5. The van der Waals surface area contributed by atoms with Gasteiger partial charge in [-0.1, -0.05) is 24.5 Å². The smallest absolute Gasteiger partial charge is 0.386 e. The number of nitrogens with zero attached hydrogens (tertiary/aromatic N) is 7. The van der Waals surface area contributed by atoms with Crippen molar-refractivity contribution in [2.24, 2.45) is 0 Å². The summed E-state index contributed by atoms with van der Waals surface area (Å²) in [5.74, 6) is 0.409. The number of nitrogens with one attached hydrogen (secondary N) is 3. The molecule has 0 aromatic carbocycles. The van der Waals surface area contributed by atoms with Crippen molar-refractivity contribution in [2.75, 3.05) is 50.1 Å². The Morgan fingerprint density at radius 3 is 2.43 bits per heavy atom. The normalized spacial score (nSPS) is 34.3. The number of aromatic nitrogens is 7. The molecular formula is C28H36N10O12P2S2. The van der Waals surface area contributed by atoms with Crippen LogP contribution in [-0.4, -0.2) is 131 Å². The van der Waals surface area contributed by atoms with Crippen LogP contribution in [0.2, 0.25) is 0 Å². The maximum atomic E-state index is 13.8. The lowest BCUT2D eigenvalue weighted by molar-refractivity contribution is -0.123. The Labute approximate surface area is 316 Å². The third kappa shape index (κ3) is 7.36. The monoisotopic (exact) mass is 830 g/mol. The van der Waals surface area contributed by atoms with E-state index in [2.05, 4.69) is 65.4 Å². The summed E-state index contributed by atoms with van der Waals surface area (Å²) in [5.41, 5.74) is 1.93. The number of rotatable bonds is 7. The molecule has 8 rings (SSSR count). The number of carbonyl (C=O) groups excluding carboxylic acids is 1. The third-order valence-electron chi connectivity index (χ3n) is 9.33. The van der Waals surface area contributed by atoms with Crippen LogP contribution in [0.5, 0.6) is 0 Å². The third-order valence-corrected chi connectivity index (χ3v) is 12.6. The standard InChI is InChI=1S/C28H36N10O12P2S2/c39-7-16(40)29-4-5-31-24-18-26(35-11-33-24)38(12-36-18)28-22-19(41)14(47-28)8-45-51(43,53)49-21-15(9-46-52(44,54)50-22)48-27(20(21)42)37-6-13-2-1-3-30-23-17(13)25(37)34-10-32-23/h6,10-12,14-15,19-22,27-28,39,41-42H,1-5,7-9H2,(H,29,40)(H,43,53)(H,44,54)(H,30,32,34)(H,31,33,35)/t14-,15-,19-,20-,21-,22-,27-,28-,51?,52?/m1/s1. The number of fused-ring (bicyclic) bond motifs is 4. The van der Waals surface area contributed by atoms with Crippen molar-refractivity contribution in [3.63, 3.8) is 0 Å². The first-order chi connectivity index (χ1) is 25.9. The largest absolute Gasteiger partial charge is 0.387 e. The molecule has 4 aliphatic rings. The summed E-state index contributed by atoms with van der Waals surface area (Å²) in [6.07, 6.45) is -3.27. The van der Waals surface area contributed by atoms with E-state index in [4.69, 9.17) is 32.7 Å². The molecule has 8 heterocycles. The van der Waals surface area contributed by atoms with Crippen molar-refractivity contribution in [2.45, 2.75) is 61.9 Å². The molecule has 3 fully saturated rings. The van der Waals surface area contributed by atoms with Gasteiger partial charge < -0.3 is 45.3 Å². The van der Waals surface area contributed by atoms with Gasteiger partial charge in [0, 0.05) is 25.8 Å². The van der Waals surface area contributed by atoms with Crippen LogP contribution in [0, 0.1) is 0 Å². The lowest BCUT2D eigenvalue weighted by atomic mass is 10.1. The lowest BCUT2D eigenvalue weighted by Gasteiger charge is -2.26. The van der Waals surface area contributed by atoms with Crippen molar-refractivity contribution < 1.29 is 56.8 Å². The molecule has 26 heteroatoms. The van der Waals surface area contributed by atoms with E-state index in [0.717, 1.165) is 30.3 Å². The molecule has 0 saturated carbocycles. The minimum Gasteiger partial charge on any atom is -0.387 e. The maximum absolute atomic E-state index is 13.8. The van der Waals surface area contributed by atoms with Gasteiger partial charge in [-0.25, -0.2) is 34.0 Å². The highest BCUT2D eigenvalue weighted by Crippen LogP contribution is 2.60. The van der Waals surface area contributed by atoms with E-state index in [1.165, 1.54) is 23.5 Å². The number of aliphatic hydroxyl groups is 3. The van der Waals surface area contributed by atoms with Gasteiger partial charge in [0.05, 0.1) is 24.9 Å². The highest BCUT2D eigenvalue weighted by atomic mass is 32.7. The predicted molar refractivity (Wildman–Crippen MR) is 193 cm³/mol. The van der Waals surface area contributed by atoms with Crippen molar-refractivity contribution in [3.8, 4) is 0 Å². The van der Waals surface area contributed by atoms with Gasteiger partial charge in [0.25, 0.3) is 0 Å². The highest BCUT2D eigenvalue weighted by molar-refractivity contribution is 8.44. The van der Waals surface area contributed by atoms with Crippen LogP contribution in [0.3, 0.4) is 0 Å². The van der Waals surface area contributed by atoms with Crippen LogP contribution in [0.15, 0.2) is 25.2 Å². The van der Waals surface area contributed by atoms with E-state index >= 15 is 0 Å². The van der Waals surface area contributed by atoms with Crippen LogP contribution in [0.25, 0.3) is 22.2 Å². The number of aryl methyl sites for hydroxylation is 1. The summed E-state index contributed by atoms with van der Waals surface area (Å²) in [6.45, 7) is -9.26. The molecule has 6 N–H and O–H groups in total. The topological polar surface area (TPSA) is 278 Å². The molecule has 4 aromatic rings. The first-order valence-corrected chi connectivity index (χ1v) is 22.2. The van der Waals surface area contributed by atoms with Crippen LogP contribution < -0.4 is 16.0 Å². The van der Waals surface area contributed by atoms with Gasteiger partial charge in [-0.05, 0) is 18.4 Å². The van der Waals surface area contributed by atoms with Crippen molar-refractivity contribution in [3.05, 3.63) is 30.7 Å². The SMILES string of the molecule is O=C(CO)NCCNc1ncnc2c1ncn2[C@@H]1O[C@@H]2COP(=O)(S)O[C@H]3[C@@H](O)[C@H](n4cc5c6c(ncnc64)NCCC5)O[C@@H]3COP(=O)(S)O[C@@H]1[C@@H]2O. The van der Waals surface area contributed by atoms with Gasteiger partial charge in [0.2, 0.25) is 5.91 Å². The van der Waals surface area contributed by atoms with Gasteiger partial charge in [0.1, 0.15) is 67.4 Å². The summed E-state index contributed by atoms with van der Waals surface area (Å²) < 4.78 is 65.9.